The minimum Gasteiger partial charge on any atom is -0.492 e. The highest BCUT2D eigenvalue weighted by atomic mass is 35.5. The molecule has 1 aliphatic rings. The highest BCUT2D eigenvalue weighted by molar-refractivity contribution is 7.85. The Balaban J connectivity index is 1.94. The van der Waals surface area contributed by atoms with Gasteiger partial charge in [0.05, 0.1) is 11.6 Å². The summed E-state index contributed by atoms with van der Waals surface area (Å²) in [5.41, 5.74) is 1.01. The minimum atomic E-state index is -0.617. The molecule has 0 aromatic heterocycles. The van der Waals surface area contributed by atoms with Crippen LogP contribution < -0.4 is 10.1 Å². The van der Waals surface area contributed by atoms with Crippen LogP contribution in [0.2, 0.25) is 5.02 Å². The third-order valence-electron chi connectivity index (χ3n) is 3.15. The molecule has 1 aromatic rings. The Morgan fingerprint density at radius 3 is 2.79 bits per heavy atom. The predicted octanol–water partition coefficient (Wildman–Crippen LogP) is 3.45. The lowest BCUT2D eigenvalue weighted by Gasteiger charge is -2.23. The summed E-state index contributed by atoms with van der Waals surface area (Å²) < 4.78 is 16.9. The SMILES string of the molecule is CCCOc1ccc(NC2CCS(=O)CC2)cc1Cl. The van der Waals surface area contributed by atoms with Gasteiger partial charge in [-0.1, -0.05) is 18.5 Å². The second-order valence-corrected chi connectivity index (χ2v) is 6.86. The fourth-order valence-electron chi connectivity index (χ4n) is 2.09. The Labute approximate surface area is 122 Å². The first kappa shape index (κ1) is 14.7. The van der Waals surface area contributed by atoms with Crippen molar-refractivity contribution in [3.63, 3.8) is 0 Å². The van der Waals surface area contributed by atoms with Crippen molar-refractivity contribution in [1.29, 1.82) is 0 Å². The van der Waals surface area contributed by atoms with E-state index < -0.39 is 10.8 Å². The lowest BCUT2D eigenvalue weighted by Crippen LogP contribution is -2.29. The number of nitrogens with one attached hydrogen (secondary N) is 1. The van der Waals surface area contributed by atoms with Crippen molar-refractivity contribution in [3.8, 4) is 5.75 Å². The van der Waals surface area contributed by atoms with Gasteiger partial charge in [0, 0.05) is 34.0 Å². The Kier molecular flexibility index (Phi) is 5.52. The summed E-state index contributed by atoms with van der Waals surface area (Å²) in [4.78, 5) is 0. The number of halogens is 1. The van der Waals surface area contributed by atoms with Crippen LogP contribution in [0.4, 0.5) is 5.69 Å². The average molecular weight is 302 g/mol. The van der Waals surface area contributed by atoms with E-state index in [1.165, 1.54) is 0 Å². The van der Waals surface area contributed by atoms with Gasteiger partial charge in [-0.3, -0.25) is 4.21 Å². The van der Waals surface area contributed by atoms with Crippen molar-refractivity contribution in [3.05, 3.63) is 23.2 Å². The van der Waals surface area contributed by atoms with E-state index in [4.69, 9.17) is 16.3 Å². The highest BCUT2D eigenvalue weighted by Crippen LogP contribution is 2.28. The van der Waals surface area contributed by atoms with Crippen LogP contribution in [0.15, 0.2) is 18.2 Å². The van der Waals surface area contributed by atoms with Gasteiger partial charge in [-0.15, -0.1) is 0 Å². The molecule has 0 aliphatic carbocycles. The topological polar surface area (TPSA) is 38.3 Å². The largest absolute Gasteiger partial charge is 0.492 e. The van der Waals surface area contributed by atoms with Crippen LogP contribution in [-0.2, 0) is 10.8 Å². The van der Waals surface area contributed by atoms with Gasteiger partial charge in [-0.2, -0.15) is 0 Å². The molecule has 0 unspecified atom stereocenters. The maximum atomic E-state index is 11.3. The van der Waals surface area contributed by atoms with Crippen LogP contribution in [0.1, 0.15) is 26.2 Å². The monoisotopic (exact) mass is 301 g/mol. The second-order valence-electron chi connectivity index (χ2n) is 4.76. The van der Waals surface area contributed by atoms with Gasteiger partial charge >= 0.3 is 0 Å². The maximum Gasteiger partial charge on any atom is 0.138 e. The summed E-state index contributed by atoms with van der Waals surface area (Å²) >= 11 is 6.19. The quantitative estimate of drug-likeness (QED) is 0.905. The molecule has 1 saturated heterocycles. The average Bonchev–Trinajstić information content (AvgIpc) is 2.41. The molecule has 3 nitrogen and oxygen atoms in total. The van der Waals surface area contributed by atoms with Crippen LogP contribution in [0.5, 0.6) is 5.75 Å². The summed E-state index contributed by atoms with van der Waals surface area (Å²) in [6.07, 6.45) is 2.88. The van der Waals surface area contributed by atoms with Gasteiger partial charge < -0.3 is 10.1 Å². The molecule has 19 heavy (non-hydrogen) atoms. The zero-order valence-electron chi connectivity index (χ0n) is 11.2. The van der Waals surface area contributed by atoms with Gasteiger partial charge in [0.25, 0.3) is 0 Å². The van der Waals surface area contributed by atoms with E-state index in [1.807, 2.05) is 18.2 Å². The van der Waals surface area contributed by atoms with E-state index in [9.17, 15) is 4.21 Å². The Hall–Kier alpha value is -0.740. The zero-order valence-corrected chi connectivity index (χ0v) is 12.7. The molecule has 0 amide bonds. The fourth-order valence-corrected chi connectivity index (χ4v) is 3.63. The molecule has 0 radical (unpaired) electrons. The first-order valence-electron chi connectivity index (χ1n) is 6.73. The van der Waals surface area contributed by atoms with E-state index in [1.54, 1.807) is 0 Å². The molecule has 2 rings (SSSR count). The molecule has 0 spiro atoms. The standard InChI is InChI=1S/C14H20ClNO2S/c1-2-7-18-14-4-3-12(10-13(14)15)16-11-5-8-19(17)9-6-11/h3-4,10-11,16H,2,5-9H2,1H3. The summed E-state index contributed by atoms with van der Waals surface area (Å²) in [7, 11) is -0.617. The van der Waals surface area contributed by atoms with Gasteiger partial charge in [0.1, 0.15) is 5.75 Å². The van der Waals surface area contributed by atoms with E-state index >= 15 is 0 Å². The van der Waals surface area contributed by atoms with Crippen LogP contribution in [0.25, 0.3) is 0 Å². The van der Waals surface area contributed by atoms with Gasteiger partial charge in [-0.25, -0.2) is 0 Å². The number of hydrogen-bond acceptors (Lipinski definition) is 3. The molecule has 0 saturated carbocycles. The van der Waals surface area contributed by atoms with Crippen LogP contribution >= 0.6 is 11.6 Å². The van der Waals surface area contributed by atoms with Crippen molar-refractivity contribution in [2.75, 3.05) is 23.4 Å². The third-order valence-corrected chi connectivity index (χ3v) is 4.83. The van der Waals surface area contributed by atoms with E-state index in [2.05, 4.69) is 12.2 Å². The van der Waals surface area contributed by atoms with E-state index in [-0.39, 0.29) is 0 Å². The lowest BCUT2D eigenvalue weighted by atomic mass is 10.1. The fraction of sp³-hybridized carbons (Fsp3) is 0.571. The van der Waals surface area contributed by atoms with Crippen LogP contribution in [0.3, 0.4) is 0 Å². The first-order valence-corrected chi connectivity index (χ1v) is 8.59. The van der Waals surface area contributed by atoms with E-state index in [0.29, 0.717) is 17.7 Å². The summed E-state index contributed by atoms with van der Waals surface area (Å²) in [6.45, 7) is 2.75. The maximum absolute atomic E-state index is 11.3. The van der Waals surface area contributed by atoms with Crippen molar-refractivity contribution in [1.82, 2.24) is 0 Å². The molecule has 5 heteroatoms. The van der Waals surface area contributed by atoms with Crippen molar-refractivity contribution in [2.45, 2.75) is 32.2 Å². The number of ether oxygens (including phenoxy) is 1. The number of rotatable bonds is 5. The second kappa shape index (κ2) is 7.15. The lowest BCUT2D eigenvalue weighted by molar-refractivity contribution is 0.317. The van der Waals surface area contributed by atoms with Crippen LogP contribution in [0, 0.1) is 0 Å². The Morgan fingerprint density at radius 2 is 2.16 bits per heavy atom. The number of hydrogen-bond donors (Lipinski definition) is 1. The molecule has 106 valence electrons. The van der Waals surface area contributed by atoms with Crippen molar-refractivity contribution >= 4 is 28.1 Å². The van der Waals surface area contributed by atoms with Gasteiger partial charge in [0.2, 0.25) is 0 Å². The van der Waals surface area contributed by atoms with E-state index in [0.717, 1.165) is 42.2 Å². The summed E-state index contributed by atoms with van der Waals surface area (Å²) in [6, 6.07) is 6.19. The van der Waals surface area contributed by atoms with Gasteiger partial charge in [-0.05, 0) is 37.5 Å². The zero-order chi connectivity index (χ0) is 13.7. The number of anilines is 1. The third kappa shape index (κ3) is 4.39. The van der Waals surface area contributed by atoms with Crippen molar-refractivity contribution in [2.24, 2.45) is 0 Å². The molecular formula is C14H20ClNO2S. The smallest absolute Gasteiger partial charge is 0.138 e. The first-order chi connectivity index (χ1) is 9.19. The van der Waals surface area contributed by atoms with Crippen LogP contribution in [-0.4, -0.2) is 28.4 Å². The number of benzene rings is 1. The predicted molar refractivity (Wildman–Crippen MR) is 81.8 cm³/mol. The molecule has 1 aromatic carbocycles. The molecule has 0 bridgehead atoms. The molecule has 1 fully saturated rings. The summed E-state index contributed by atoms with van der Waals surface area (Å²) in [5.74, 6) is 2.32. The molecule has 1 aliphatic heterocycles. The normalized spacial score (nSPS) is 23.1. The highest BCUT2D eigenvalue weighted by Gasteiger charge is 2.17. The Bertz CT molecular complexity index is 443. The molecular weight excluding hydrogens is 282 g/mol. The van der Waals surface area contributed by atoms with Gasteiger partial charge in [0.15, 0.2) is 0 Å². The molecule has 1 N–H and O–H groups in total. The van der Waals surface area contributed by atoms with Crippen molar-refractivity contribution < 1.29 is 8.95 Å². The molecule has 0 atom stereocenters. The Morgan fingerprint density at radius 1 is 1.42 bits per heavy atom. The summed E-state index contributed by atoms with van der Waals surface area (Å²) in [5, 5.41) is 4.09. The minimum absolute atomic E-state index is 0.399. The molecule has 1 heterocycles.